The molecule has 0 unspecified atom stereocenters. The minimum atomic E-state index is -0.233. The van der Waals surface area contributed by atoms with Gasteiger partial charge in [-0.05, 0) is 79.0 Å². The molecule has 0 saturated carbocycles. The number of allylic oxidation sites excluding steroid dienone is 5. The van der Waals surface area contributed by atoms with E-state index in [-0.39, 0.29) is 16.8 Å². The van der Waals surface area contributed by atoms with Gasteiger partial charge >= 0.3 is 5.97 Å². The van der Waals surface area contributed by atoms with E-state index >= 15 is 0 Å². The first-order valence-corrected chi connectivity index (χ1v) is 11.1. The van der Waals surface area contributed by atoms with E-state index in [1.54, 1.807) is 0 Å². The normalized spacial score (nSPS) is 20.8. The molecule has 0 aromatic heterocycles. The lowest BCUT2D eigenvalue weighted by atomic mass is 9.63. The van der Waals surface area contributed by atoms with E-state index in [1.165, 1.54) is 29.5 Å². The summed E-state index contributed by atoms with van der Waals surface area (Å²) < 4.78 is 5.44. The van der Waals surface area contributed by atoms with Gasteiger partial charge in [0.05, 0.1) is 12.2 Å². The largest absolute Gasteiger partial charge is 0.462 e. The van der Waals surface area contributed by atoms with Crippen LogP contribution in [0.5, 0.6) is 0 Å². The third-order valence-corrected chi connectivity index (χ3v) is 6.64. The van der Waals surface area contributed by atoms with Gasteiger partial charge in [0, 0.05) is 0 Å². The Kier molecular flexibility index (Phi) is 6.22. The molecule has 3 rings (SSSR count). The maximum absolute atomic E-state index is 12.9. The lowest BCUT2D eigenvalue weighted by Crippen LogP contribution is -2.34. The standard InChI is InChI=1S/C27H36O2/c1-7-29-25(28)24(19(2)12-13-20-10-8-9-11-20)21-14-15-22-23(18-21)27(5,6)17-16-26(22,3)4/h10,12-15,18H,7-9,11,16-17H2,1-6H3. The summed E-state index contributed by atoms with van der Waals surface area (Å²) in [4.78, 5) is 12.9. The molecule has 0 spiro atoms. The van der Waals surface area contributed by atoms with Crippen molar-refractivity contribution in [1.29, 1.82) is 0 Å². The Hall–Kier alpha value is -2.09. The molecule has 1 aromatic rings. The molecule has 1 aromatic carbocycles. The van der Waals surface area contributed by atoms with Crippen LogP contribution in [0, 0.1) is 0 Å². The number of carbonyl (C=O) groups is 1. The average molecular weight is 393 g/mol. The van der Waals surface area contributed by atoms with Gasteiger partial charge in [-0.25, -0.2) is 4.79 Å². The number of benzene rings is 1. The van der Waals surface area contributed by atoms with E-state index in [9.17, 15) is 4.79 Å². The number of carbonyl (C=O) groups excluding carboxylic acids is 1. The lowest BCUT2D eigenvalue weighted by Gasteiger charge is -2.42. The quantitative estimate of drug-likeness (QED) is 0.305. The molecule has 29 heavy (non-hydrogen) atoms. The fourth-order valence-corrected chi connectivity index (χ4v) is 4.62. The molecular weight excluding hydrogens is 356 g/mol. The third-order valence-electron chi connectivity index (χ3n) is 6.64. The minimum Gasteiger partial charge on any atom is -0.462 e. The van der Waals surface area contributed by atoms with Gasteiger partial charge in [0.15, 0.2) is 0 Å². The van der Waals surface area contributed by atoms with Crippen LogP contribution in [0.4, 0.5) is 0 Å². The van der Waals surface area contributed by atoms with E-state index in [0.717, 1.165) is 30.4 Å². The lowest BCUT2D eigenvalue weighted by molar-refractivity contribution is -0.136. The monoisotopic (exact) mass is 392 g/mol. The van der Waals surface area contributed by atoms with Gasteiger partial charge in [0.2, 0.25) is 0 Å². The zero-order valence-corrected chi connectivity index (χ0v) is 19.0. The van der Waals surface area contributed by atoms with Crippen LogP contribution in [-0.4, -0.2) is 12.6 Å². The Balaban J connectivity index is 2.09. The maximum Gasteiger partial charge on any atom is 0.338 e. The van der Waals surface area contributed by atoms with E-state index < -0.39 is 0 Å². The molecule has 0 atom stereocenters. The SMILES string of the molecule is CCOC(=O)C(=C(C)C=CC1=CCCC1)c1ccc2c(c1)C(C)(C)CCC2(C)C. The molecule has 0 aliphatic heterocycles. The van der Waals surface area contributed by atoms with Gasteiger partial charge in [0.1, 0.15) is 0 Å². The van der Waals surface area contributed by atoms with Crippen LogP contribution in [0.1, 0.15) is 90.3 Å². The number of ether oxygens (including phenoxy) is 1. The predicted octanol–water partition coefficient (Wildman–Crippen LogP) is 7.04. The highest BCUT2D eigenvalue weighted by Crippen LogP contribution is 2.46. The van der Waals surface area contributed by atoms with E-state index in [0.29, 0.717) is 12.2 Å². The summed E-state index contributed by atoms with van der Waals surface area (Å²) in [7, 11) is 0. The van der Waals surface area contributed by atoms with E-state index in [1.807, 2.05) is 13.8 Å². The van der Waals surface area contributed by atoms with Crippen molar-refractivity contribution in [1.82, 2.24) is 0 Å². The van der Waals surface area contributed by atoms with Crippen molar-refractivity contribution < 1.29 is 9.53 Å². The molecule has 0 radical (unpaired) electrons. The Morgan fingerprint density at radius 3 is 2.41 bits per heavy atom. The fraction of sp³-hybridized carbons (Fsp3) is 0.519. The summed E-state index contributed by atoms with van der Waals surface area (Å²) in [6.07, 6.45) is 12.4. The fourth-order valence-electron chi connectivity index (χ4n) is 4.62. The summed E-state index contributed by atoms with van der Waals surface area (Å²) in [5, 5.41) is 0. The molecule has 2 aliphatic rings. The number of fused-ring (bicyclic) bond motifs is 1. The van der Waals surface area contributed by atoms with Crippen molar-refractivity contribution in [3.05, 3.63) is 64.3 Å². The van der Waals surface area contributed by atoms with Crippen LogP contribution in [0.25, 0.3) is 5.57 Å². The summed E-state index contributed by atoms with van der Waals surface area (Å²) >= 11 is 0. The van der Waals surface area contributed by atoms with Crippen LogP contribution in [-0.2, 0) is 20.4 Å². The third kappa shape index (κ3) is 4.57. The highest BCUT2D eigenvalue weighted by molar-refractivity contribution is 6.18. The second-order valence-electron chi connectivity index (χ2n) is 9.81. The minimum absolute atomic E-state index is 0.110. The van der Waals surface area contributed by atoms with Crippen molar-refractivity contribution in [2.75, 3.05) is 6.61 Å². The van der Waals surface area contributed by atoms with Crippen LogP contribution in [0.15, 0.2) is 47.6 Å². The molecule has 0 saturated heterocycles. The molecule has 156 valence electrons. The number of hydrogen-bond acceptors (Lipinski definition) is 2. The number of rotatable bonds is 5. The highest BCUT2D eigenvalue weighted by Gasteiger charge is 2.37. The van der Waals surface area contributed by atoms with Crippen LogP contribution in [0.3, 0.4) is 0 Å². The molecule has 0 heterocycles. The molecule has 0 bridgehead atoms. The van der Waals surface area contributed by atoms with E-state index in [2.05, 4.69) is 64.1 Å². The molecule has 0 amide bonds. The summed E-state index contributed by atoms with van der Waals surface area (Å²) in [6.45, 7) is 13.6. The Bertz CT molecular complexity index is 878. The first-order valence-electron chi connectivity index (χ1n) is 11.1. The number of esters is 1. The van der Waals surface area contributed by atoms with Gasteiger partial charge in [-0.15, -0.1) is 0 Å². The Labute approximate surface area is 176 Å². The van der Waals surface area contributed by atoms with Gasteiger partial charge in [-0.2, -0.15) is 0 Å². The zero-order chi connectivity index (χ0) is 21.2. The van der Waals surface area contributed by atoms with Crippen LogP contribution >= 0.6 is 0 Å². The average Bonchev–Trinajstić information content (AvgIpc) is 3.18. The van der Waals surface area contributed by atoms with Gasteiger partial charge in [0.25, 0.3) is 0 Å². The molecular formula is C27H36O2. The molecule has 2 heteroatoms. The van der Waals surface area contributed by atoms with Crippen molar-refractivity contribution in [3.63, 3.8) is 0 Å². The molecule has 0 N–H and O–H groups in total. The van der Waals surface area contributed by atoms with Crippen LogP contribution < -0.4 is 0 Å². The zero-order valence-electron chi connectivity index (χ0n) is 19.0. The first kappa shape index (κ1) is 21.6. The molecule has 0 fully saturated rings. The van der Waals surface area contributed by atoms with Gasteiger partial charge in [-0.1, -0.05) is 69.7 Å². The van der Waals surface area contributed by atoms with E-state index in [4.69, 9.17) is 4.74 Å². The predicted molar refractivity (Wildman–Crippen MR) is 122 cm³/mol. The maximum atomic E-state index is 12.9. The van der Waals surface area contributed by atoms with Crippen molar-refractivity contribution in [2.24, 2.45) is 0 Å². The summed E-state index contributed by atoms with van der Waals surface area (Å²) in [6, 6.07) is 6.59. The second-order valence-corrected chi connectivity index (χ2v) is 9.81. The Morgan fingerprint density at radius 1 is 1.10 bits per heavy atom. The van der Waals surface area contributed by atoms with Crippen molar-refractivity contribution in [2.45, 2.75) is 84.5 Å². The topological polar surface area (TPSA) is 26.3 Å². The summed E-state index contributed by atoms with van der Waals surface area (Å²) in [5.74, 6) is -0.233. The van der Waals surface area contributed by atoms with Gasteiger partial charge < -0.3 is 4.74 Å². The molecule has 2 aliphatic carbocycles. The van der Waals surface area contributed by atoms with Gasteiger partial charge in [-0.3, -0.25) is 0 Å². The first-order chi connectivity index (χ1) is 13.7. The van der Waals surface area contributed by atoms with Crippen LogP contribution in [0.2, 0.25) is 0 Å². The van der Waals surface area contributed by atoms with Crippen molar-refractivity contribution in [3.8, 4) is 0 Å². The summed E-state index contributed by atoms with van der Waals surface area (Å²) in [5.41, 5.74) is 7.03. The number of hydrogen-bond donors (Lipinski definition) is 0. The molecule has 2 nitrogen and oxygen atoms in total. The highest BCUT2D eigenvalue weighted by atomic mass is 16.5. The smallest absolute Gasteiger partial charge is 0.338 e. The van der Waals surface area contributed by atoms with Crippen molar-refractivity contribution >= 4 is 11.5 Å². The Morgan fingerprint density at radius 2 is 1.79 bits per heavy atom. The second kappa shape index (κ2) is 8.34.